The molecule has 0 amide bonds. The number of aliphatic hydroxyl groups is 1. The summed E-state index contributed by atoms with van der Waals surface area (Å²) < 4.78 is 5.37. The average molecular weight is 217 g/mol. The summed E-state index contributed by atoms with van der Waals surface area (Å²) in [5.74, 6) is 0. The number of hydrogen-bond donors (Lipinski definition) is 2. The molecule has 0 aromatic rings. The van der Waals surface area contributed by atoms with Crippen LogP contribution in [0.15, 0.2) is 0 Å². The summed E-state index contributed by atoms with van der Waals surface area (Å²) in [6.07, 6.45) is 3.72. The van der Waals surface area contributed by atoms with Crippen LogP contribution in [0.5, 0.6) is 0 Å². The Kier molecular flexibility index (Phi) is 9.06. The second kappa shape index (κ2) is 9.13. The van der Waals surface area contributed by atoms with Crippen molar-refractivity contribution in [2.24, 2.45) is 0 Å². The Morgan fingerprint density at radius 1 is 1.13 bits per heavy atom. The average Bonchev–Trinajstić information content (AvgIpc) is 2.27. The van der Waals surface area contributed by atoms with Gasteiger partial charge in [0.25, 0.3) is 0 Å². The second-order valence-corrected chi connectivity index (χ2v) is 4.07. The lowest BCUT2D eigenvalue weighted by molar-refractivity contribution is 0.0319. The third-order valence-corrected chi connectivity index (χ3v) is 2.76. The third kappa shape index (κ3) is 7.77. The molecule has 0 saturated carbocycles. The molecule has 92 valence electrons. The highest BCUT2D eigenvalue weighted by molar-refractivity contribution is 4.77. The molecule has 0 aliphatic heterocycles. The van der Waals surface area contributed by atoms with Gasteiger partial charge in [-0.2, -0.15) is 0 Å². The SMILES string of the molecule is CCCOCCCNCC(O)(CC)CC. The Labute approximate surface area is 94.2 Å². The minimum atomic E-state index is -0.524. The molecule has 0 atom stereocenters. The first kappa shape index (κ1) is 14.9. The Hall–Kier alpha value is -0.120. The lowest BCUT2D eigenvalue weighted by Gasteiger charge is -2.25. The molecule has 0 saturated heterocycles. The van der Waals surface area contributed by atoms with Crippen molar-refractivity contribution in [1.29, 1.82) is 0 Å². The standard InChI is InChI=1S/C12H27NO2/c1-4-9-15-10-7-8-13-11-12(14,5-2)6-3/h13-14H,4-11H2,1-3H3. The van der Waals surface area contributed by atoms with E-state index in [1.54, 1.807) is 0 Å². The van der Waals surface area contributed by atoms with Gasteiger partial charge in [0.1, 0.15) is 0 Å². The number of hydrogen-bond acceptors (Lipinski definition) is 3. The van der Waals surface area contributed by atoms with Gasteiger partial charge in [-0.15, -0.1) is 0 Å². The van der Waals surface area contributed by atoms with Gasteiger partial charge in [-0.25, -0.2) is 0 Å². The summed E-state index contributed by atoms with van der Waals surface area (Å²) in [6, 6.07) is 0. The molecule has 0 unspecified atom stereocenters. The summed E-state index contributed by atoms with van der Waals surface area (Å²) in [6.45, 7) is 9.44. The molecule has 15 heavy (non-hydrogen) atoms. The monoisotopic (exact) mass is 217 g/mol. The smallest absolute Gasteiger partial charge is 0.0766 e. The van der Waals surface area contributed by atoms with Crippen molar-refractivity contribution >= 4 is 0 Å². The quantitative estimate of drug-likeness (QED) is 0.550. The molecule has 3 heteroatoms. The predicted molar refractivity (Wildman–Crippen MR) is 64.1 cm³/mol. The van der Waals surface area contributed by atoms with Gasteiger partial charge in [-0.3, -0.25) is 0 Å². The fourth-order valence-corrected chi connectivity index (χ4v) is 1.37. The molecular weight excluding hydrogens is 190 g/mol. The van der Waals surface area contributed by atoms with Gasteiger partial charge in [0, 0.05) is 19.8 Å². The van der Waals surface area contributed by atoms with Gasteiger partial charge in [0.05, 0.1) is 5.60 Å². The summed E-state index contributed by atoms with van der Waals surface area (Å²) >= 11 is 0. The summed E-state index contributed by atoms with van der Waals surface area (Å²) in [5, 5.41) is 13.3. The van der Waals surface area contributed by atoms with E-state index in [0.29, 0.717) is 6.54 Å². The first-order chi connectivity index (χ1) is 7.18. The fraction of sp³-hybridized carbons (Fsp3) is 1.00. The van der Waals surface area contributed by atoms with Gasteiger partial charge in [0.15, 0.2) is 0 Å². The van der Waals surface area contributed by atoms with Crippen LogP contribution in [0.4, 0.5) is 0 Å². The molecule has 3 nitrogen and oxygen atoms in total. The predicted octanol–water partition coefficient (Wildman–Crippen LogP) is 1.94. The Morgan fingerprint density at radius 2 is 1.80 bits per heavy atom. The third-order valence-electron chi connectivity index (χ3n) is 2.76. The molecule has 0 rings (SSSR count). The maximum absolute atomic E-state index is 9.98. The number of ether oxygens (including phenoxy) is 1. The lowest BCUT2D eigenvalue weighted by atomic mass is 9.98. The minimum Gasteiger partial charge on any atom is -0.389 e. The van der Waals surface area contributed by atoms with E-state index in [-0.39, 0.29) is 0 Å². The van der Waals surface area contributed by atoms with E-state index < -0.39 is 5.60 Å². The van der Waals surface area contributed by atoms with Crippen molar-refractivity contribution in [1.82, 2.24) is 5.32 Å². The van der Waals surface area contributed by atoms with E-state index in [1.165, 1.54) is 0 Å². The van der Waals surface area contributed by atoms with Crippen LogP contribution in [0.3, 0.4) is 0 Å². The topological polar surface area (TPSA) is 41.5 Å². The van der Waals surface area contributed by atoms with Gasteiger partial charge in [0.2, 0.25) is 0 Å². The van der Waals surface area contributed by atoms with Crippen molar-refractivity contribution in [3.05, 3.63) is 0 Å². The van der Waals surface area contributed by atoms with Crippen LogP contribution in [0.25, 0.3) is 0 Å². The molecule has 0 spiro atoms. The summed E-state index contributed by atoms with van der Waals surface area (Å²) in [5.41, 5.74) is -0.524. The maximum atomic E-state index is 9.98. The molecule has 0 aromatic heterocycles. The van der Waals surface area contributed by atoms with Gasteiger partial charge < -0.3 is 15.2 Å². The lowest BCUT2D eigenvalue weighted by Crippen LogP contribution is -2.39. The van der Waals surface area contributed by atoms with Crippen LogP contribution in [0, 0.1) is 0 Å². The first-order valence-electron chi connectivity index (χ1n) is 6.19. The Bertz CT molecular complexity index is 136. The van der Waals surface area contributed by atoms with Crippen LogP contribution >= 0.6 is 0 Å². The summed E-state index contributed by atoms with van der Waals surface area (Å²) in [7, 11) is 0. The molecule has 0 aromatic carbocycles. The molecule has 0 aliphatic carbocycles. The van der Waals surface area contributed by atoms with Crippen LogP contribution in [-0.2, 0) is 4.74 Å². The molecule has 0 fully saturated rings. The van der Waals surface area contributed by atoms with Gasteiger partial charge in [-0.1, -0.05) is 20.8 Å². The zero-order valence-electron chi connectivity index (χ0n) is 10.5. The summed E-state index contributed by atoms with van der Waals surface area (Å²) in [4.78, 5) is 0. The normalized spacial score (nSPS) is 12.0. The van der Waals surface area contributed by atoms with Crippen molar-refractivity contribution < 1.29 is 9.84 Å². The van der Waals surface area contributed by atoms with Crippen LogP contribution < -0.4 is 5.32 Å². The van der Waals surface area contributed by atoms with Gasteiger partial charge in [-0.05, 0) is 32.2 Å². The van der Waals surface area contributed by atoms with Crippen LogP contribution in [0.2, 0.25) is 0 Å². The highest BCUT2D eigenvalue weighted by Crippen LogP contribution is 2.12. The van der Waals surface area contributed by atoms with E-state index in [4.69, 9.17) is 4.74 Å². The first-order valence-corrected chi connectivity index (χ1v) is 6.19. The molecule has 0 aliphatic rings. The van der Waals surface area contributed by atoms with E-state index in [9.17, 15) is 5.11 Å². The van der Waals surface area contributed by atoms with E-state index in [2.05, 4.69) is 12.2 Å². The minimum absolute atomic E-state index is 0.524. The highest BCUT2D eigenvalue weighted by atomic mass is 16.5. The molecule has 0 heterocycles. The maximum Gasteiger partial charge on any atom is 0.0766 e. The van der Waals surface area contributed by atoms with Crippen molar-refractivity contribution in [3.8, 4) is 0 Å². The van der Waals surface area contributed by atoms with Crippen molar-refractivity contribution in [2.75, 3.05) is 26.3 Å². The van der Waals surface area contributed by atoms with Crippen molar-refractivity contribution in [2.45, 2.75) is 52.1 Å². The number of rotatable bonds is 10. The second-order valence-electron chi connectivity index (χ2n) is 4.07. The largest absolute Gasteiger partial charge is 0.389 e. The number of nitrogens with one attached hydrogen (secondary N) is 1. The highest BCUT2D eigenvalue weighted by Gasteiger charge is 2.20. The van der Waals surface area contributed by atoms with Crippen LogP contribution in [-0.4, -0.2) is 37.0 Å². The van der Waals surface area contributed by atoms with E-state index in [0.717, 1.165) is 45.4 Å². The van der Waals surface area contributed by atoms with Crippen LogP contribution in [0.1, 0.15) is 46.5 Å². The molecule has 0 bridgehead atoms. The van der Waals surface area contributed by atoms with Gasteiger partial charge >= 0.3 is 0 Å². The Morgan fingerprint density at radius 3 is 2.33 bits per heavy atom. The molecule has 2 N–H and O–H groups in total. The molecule has 0 radical (unpaired) electrons. The zero-order chi connectivity index (χ0) is 11.6. The Balaban J connectivity index is 3.29. The van der Waals surface area contributed by atoms with E-state index >= 15 is 0 Å². The molecular formula is C12H27NO2. The zero-order valence-corrected chi connectivity index (χ0v) is 10.5. The van der Waals surface area contributed by atoms with Crippen molar-refractivity contribution in [3.63, 3.8) is 0 Å². The van der Waals surface area contributed by atoms with E-state index in [1.807, 2.05) is 13.8 Å². The fourth-order valence-electron chi connectivity index (χ4n) is 1.37.